The maximum Gasteiger partial charge on any atom is 0.290 e. The van der Waals surface area contributed by atoms with Gasteiger partial charge in [0, 0.05) is 36.7 Å². The summed E-state index contributed by atoms with van der Waals surface area (Å²) >= 11 is 0. The first-order chi connectivity index (χ1) is 17.7. The van der Waals surface area contributed by atoms with E-state index in [4.69, 9.17) is 13.9 Å². The van der Waals surface area contributed by atoms with E-state index < -0.39 is 5.54 Å². The van der Waals surface area contributed by atoms with Gasteiger partial charge in [0.1, 0.15) is 16.9 Å². The van der Waals surface area contributed by atoms with Crippen LogP contribution >= 0.6 is 0 Å². The van der Waals surface area contributed by atoms with E-state index in [0.717, 1.165) is 28.5 Å². The van der Waals surface area contributed by atoms with Crippen molar-refractivity contribution in [2.75, 3.05) is 27.4 Å². The molecule has 2 aromatic carbocycles. The lowest BCUT2D eigenvalue weighted by Gasteiger charge is -2.39. The van der Waals surface area contributed by atoms with Crippen molar-refractivity contribution < 1.29 is 23.5 Å². The number of aryl methyl sites for hydroxylation is 1. The van der Waals surface area contributed by atoms with Crippen molar-refractivity contribution >= 4 is 22.8 Å². The Morgan fingerprint density at radius 3 is 2.51 bits per heavy atom. The Morgan fingerprint density at radius 2 is 1.86 bits per heavy atom. The van der Waals surface area contributed by atoms with Crippen LogP contribution in [0, 0.1) is 6.92 Å². The summed E-state index contributed by atoms with van der Waals surface area (Å²) in [5.41, 5.74) is 2.37. The van der Waals surface area contributed by atoms with E-state index in [1.165, 1.54) is 0 Å². The number of carbonyl (C=O) groups excluding carboxylic acids is 2. The summed E-state index contributed by atoms with van der Waals surface area (Å²) in [4.78, 5) is 29.5. The van der Waals surface area contributed by atoms with Crippen molar-refractivity contribution in [3.8, 4) is 5.75 Å². The number of furan rings is 1. The van der Waals surface area contributed by atoms with Gasteiger partial charge in [-0.3, -0.25) is 9.59 Å². The molecule has 0 aliphatic rings. The van der Waals surface area contributed by atoms with Gasteiger partial charge < -0.3 is 24.1 Å². The zero-order chi connectivity index (χ0) is 27.2. The molecule has 0 fully saturated rings. The van der Waals surface area contributed by atoms with E-state index >= 15 is 0 Å². The molecule has 0 aliphatic heterocycles. The lowest BCUT2D eigenvalue weighted by atomic mass is 9.91. The van der Waals surface area contributed by atoms with E-state index in [9.17, 15) is 9.59 Å². The number of nitrogens with zero attached hydrogens (tertiary/aromatic N) is 1. The van der Waals surface area contributed by atoms with Gasteiger partial charge in [-0.2, -0.15) is 0 Å². The number of amides is 2. The highest BCUT2D eigenvalue weighted by Crippen LogP contribution is 2.35. The summed E-state index contributed by atoms with van der Waals surface area (Å²) < 4.78 is 17.0. The molecule has 3 rings (SSSR count). The smallest absolute Gasteiger partial charge is 0.290 e. The fourth-order valence-electron chi connectivity index (χ4n) is 4.68. The predicted octanol–water partition coefficient (Wildman–Crippen LogP) is 5.84. The SMILES string of the molecule is CCC(C)c1c(C(=O)N(CCOC)C(C)(CC)C(=O)NCc2cc(C)ccc2OC)oc2ccccc12. The number of methoxy groups -OCH3 is 2. The molecule has 0 spiro atoms. The Morgan fingerprint density at radius 1 is 1.14 bits per heavy atom. The Hall–Kier alpha value is -3.32. The molecule has 0 aliphatic carbocycles. The van der Waals surface area contributed by atoms with Gasteiger partial charge in [0.25, 0.3) is 5.91 Å². The van der Waals surface area contributed by atoms with Gasteiger partial charge in [-0.15, -0.1) is 0 Å². The molecule has 2 amide bonds. The summed E-state index contributed by atoms with van der Waals surface area (Å²) in [5.74, 6) is 0.555. The van der Waals surface area contributed by atoms with E-state index in [0.29, 0.717) is 30.1 Å². The van der Waals surface area contributed by atoms with Crippen LogP contribution in [-0.2, 0) is 16.1 Å². The van der Waals surface area contributed by atoms with E-state index in [1.807, 2.05) is 56.3 Å². The highest BCUT2D eigenvalue weighted by atomic mass is 16.5. The van der Waals surface area contributed by atoms with Crippen LogP contribution in [0.5, 0.6) is 5.75 Å². The average molecular weight is 509 g/mol. The summed E-state index contributed by atoms with van der Waals surface area (Å²) in [5, 5.41) is 3.98. The Kier molecular flexibility index (Phi) is 9.38. The third-order valence-corrected chi connectivity index (χ3v) is 7.35. The van der Waals surface area contributed by atoms with Gasteiger partial charge in [-0.1, -0.05) is 56.7 Å². The molecule has 7 heteroatoms. The third-order valence-electron chi connectivity index (χ3n) is 7.35. The lowest BCUT2D eigenvalue weighted by Crippen LogP contribution is -2.59. The van der Waals surface area contributed by atoms with Gasteiger partial charge in [0.2, 0.25) is 5.91 Å². The van der Waals surface area contributed by atoms with E-state index in [2.05, 4.69) is 19.2 Å². The fraction of sp³-hybridized carbons (Fsp3) is 0.467. The van der Waals surface area contributed by atoms with E-state index in [1.54, 1.807) is 26.0 Å². The number of carbonyl (C=O) groups is 2. The molecule has 0 saturated carbocycles. The molecule has 2 atom stereocenters. The number of fused-ring (bicyclic) bond motifs is 1. The molecule has 1 heterocycles. The second kappa shape index (κ2) is 12.3. The maximum absolute atomic E-state index is 14.2. The highest BCUT2D eigenvalue weighted by molar-refractivity contribution is 6.02. The second-order valence-corrected chi connectivity index (χ2v) is 9.73. The Bertz CT molecular complexity index is 1230. The van der Waals surface area contributed by atoms with Gasteiger partial charge in [0.05, 0.1) is 13.7 Å². The van der Waals surface area contributed by atoms with Crippen molar-refractivity contribution in [1.29, 1.82) is 0 Å². The first-order valence-electron chi connectivity index (χ1n) is 13.0. The minimum absolute atomic E-state index is 0.113. The highest BCUT2D eigenvalue weighted by Gasteiger charge is 2.42. The van der Waals surface area contributed by atoms with Crippen molar-refractivity contribution in [2.24, 2.45) is 0 Å². The van der Waals surface area contributed by atoms with Crippen LogP contribution in [0.25, 0.3) is 11.0 Å². The van der Waals surface area contributed by atoms with Crippen LogP contribution in [0.3, 0.4) is 0 Å². The van der Waals surface area contributed by atoms with Gasteiger partial charge in [0.15, 0.2) is 5.76 Å². The van der Waals surface area contributed by atoms with Crippen LogP contribution in [0.1, 0.15) is 73.7 Å². The quantitative estimate of drug-likeness (QED) is 0.333. The molecule has 0 saturated heterocycles. The van der Waals surface area contributed by atoms with E-state index in [-0.39, 0.29) is 30.8 Å². The van der Waals surface area contributed by atoms with Crippen molar-refractivity contribution in [2.45, 2.75) is 65.5 Å². The molecule has 1 aromatic heterocycles. The topological polar surface area (TPSA) is 81.0 Å². The summed E-state index contributed by atoms with van der Waals surface area (Å²) in [6.07, 6.45) is 1.27. The molecular weight excluding hydrogens is 468 g/mol. The Balaban J connectivity index is 1.99. The number of rotatable bonds is 12. The fourth-order valence-corrected chi connectivity index (χ4v) is 4.68. The minimum Gasteiger partial charge on any atom is -0.496 e. The predicted molar refractivity (Wildman–Crippen MR) is 146 cm³/mol. The Labute approximate surface area is 220 Å². The molecule has 2 unspecified atom stereocenters. The first kappa shape index (κ1) is 28.3. The standard InChI is InChI=1S/C30H40N2O5/c1-8-21(4)26-23-12-10-11-13-25(23)37-27(26)28(33)32(16-17-35-6)30(5,9-2)29(34)31-19-22-18-20(3)14-15-24(22)36-7/h10-15,18,21H,8-9,16-17,19H2,1-7H3,(H,31,34). The van der Waals surface area contributed by atoms with Gasteiger partial charge in [-0.25, -0.2) is 0 Å². The minimum atomic E-state index is -1.13. The van der Waals surface area contributed by atoms with Crippen LogP contribution in [0.15, 0.2) is 46.9 Å². The van der Waals surface area contributed by atoms with Crippen molar-refractivity contribution in [3.05, 3.63) is 64.9 Å². The van der Waals surface area contributed by atoms with Crippen LogP contribution in [-0.4, -0.2) is 49.6 Å². The normalized spacial score (nSPS) is 13.7. The number of benzene rings is 2. The average Bonchev–Trinajstić information content (AvgIpc) is 3.30. The number of ether oxygens (including phenoxy) is 2. The zero-order valence-electron chi connectivity index (χ0n) is 23.1. The number of hydrogen-bond acceptors (Lipinski definition) is 5. The first-order valence-corrected chi connectivity index (χ1v) is 13.0. The second-order valence-electron chi connectivity index (χ2n) is 9.73. The molecule has 3 aromatic rings. The third kappa shape index (κ3) is 5.82. The van der Waals surface area contributed by atoms with Crippen LogP contribution in [0.2, 0.25) is 0 Å². The molecular formula is C30H40N2O5. The summed E-state index contributed by atoms with van der Waals surface area (Å²) in [7, 11) is 3.20. The molecule has 0 bridgehead atoms. The van der Waals surface area contributed by atoms with Crippen LogP contribution < -0.4 is 10.1 Å². The molecule has 7 nitrogen and oxygen atoms in total. The van der Waals surface area contributed by atoms with Crippen LogP contribution in [0.4, 0.5) is 0 Å². The summed E-state index contributed by atoms with van der Waals surface area (Å²) in [6.45, 7) is 10.7. The summed E-state index contributed by atoms with van der Waals surface area (Å²) in [6, 6.07) is 13.5. The molecule has 1 N–H and O–H groups in total. The number of para-hydroxylation sites is 1. The molecule has 37 heavy (non-hydrogen) atoms. The van der Waals surface area contributed by atoms with Gasteiger partial charge in [-0.05, 0) is 44.7 Å². The number of nitrogens with one attached hydrogen (secondary N) is 1. The monoisotopic (exact) mass is 508 g/mol. The van der Waals surface area contributed by atoms with Crippen molar-refractivity contribution in [1.82, 2.24) is 10.2 Å². The van der Waals surface area contributed by atoms with Crippen molar-refractivity contribution in [3.63, 3.8) is 0 Å². The largest absolute Gasteiger partial charge is 0.496 e. The number of hydrogen-bond donors (Lipinski definition) is 1. The maximum atomic E-state index is 14.2. The molecule has 0 radical (unpaired) electrons. The zero-order valence-corrected chi connectivity index (χ0v) is 23.1. The lowest BCUT2D eigenvalue weighted by molar-refractivity contribution is -0.132. The van der Waals surface area contributed by atoms with Gasteiger partial charge >= 0.3 is 0 Å². The molecule has 200 valence electrons.